The summed E-state index contributed by atoms with van der Waals surface area (Å²) in [7, 11) is 0. The number of aliphatic hydroxyl groups excluding tert-OH is 2. The van der Waals surface area contributed by atoms with E-state index in [1.54, 1.807) is 0 Å². The summed E-state index contributed by atoms with van der Waals surface area (Å²) in [6.07, 6.45) is 13.8. The number of carbonyl (C=O) groups excluding carboxylic acids is 1. The van der Waals surface area contributed by atoms with Gasteiger partial charge in [0, 0.05) is 24.7 Å². The fraction of sp³-hybridized carbons (Fsp3) is 0.727. The van der Waals surface area contributed by atoms with Crippen LogP contribution in [-0.4, -0.2) is 39.3 Å². The lowest BCUT2D eigenvalue weighted by molar-refractivity contribution is -0.137. The quantitative estimate of drug-likeness (QED) is 0.377. The minimum Gasteiger partial charge on any atom is -0.481 e. The molecule has 0 radical (unpaired) electrons. The molecule has 0 aromatic heterocycles. The predicted octanol–water partition coefficient (Wildman–Crippen LogP) is 3.64. The number of allylic oxidation sites excluding steroid dienone is 2. The van der Waals surface area contributed by atoms with Crippen molar-refractivity contribution in [3.05, 3.63) is 24.3 Å². The van der Waals surface area contributed by atoms with Crippen molar-refractivity contribution in [1.29, 1.82) is 0 Å². The van der Waals surface area contributed by atoms with Gasteiger partial charge in [-0.2, -0.15) is 0 Å². The Morgan fingerprint density at radius 3 is 2.63 bits per heavy atom. The van der Waals surface area contributed by atoms with Gasteiger partial charge in [0.1, 0.15) is 5.78 Å². The average Bonchev–Trinajstić information content (AvgIpc) is 2.84. The third-order valence-electron chi connectivity index (χ3n) is 6.53. The van der Waals surface area contributed by atoms with Crippen molar-refractivity contribution in [3.8, 4) is 0 Å². The number of hydrogen-bond donors (Lipinski definition) is 3. The van der Waals surface area contributed by atoms with Gasteiger partial charge < -0.3 is 15.3 Å². The van der Waals surface area contributed by atoms with Crippen molar-refractivity contribution in [2.75, 3.05) is 0 Å². The molecule has 0 aromatic carbocycles. The number of Topliss-reactive ketones (excluding diaryl/α,β-unsaturated/α-hetero) is 1. The molecule has 2 aliphatic carbocycles. The number of carbonyl (C=O) groups is 2. The lowest BCUT2D eigenvalue weighted by Crippen LogP contribution is -2.40. The van der Waals surface area contributed by atoms with Crippen LogP contribution in [0, 0.1) is 17.3 Å². The molecule has 0 unspecified atom stereocenters. The Labute approximate surface area is 162 Å². The maximum Gasteiger partial charge on any atom is 0.303 e. The molecule has 5 nitrogen and oxygen atoms in total. The Morgan fingerprint density at radius 1 is 1.30 bits per heavy atom. The molecule has 0 saturated heterocycles. The second kappa shape index (κ2) is 10.2. The maximum atomic E-state index is 12.2. The molecule has 27 heavy (non-hydrogen) atoms. The molecule has 2 aliphatic rings. The number of unbranched alkanes of at least 4 members (excludes halogenated alkanes) is 1. The van der Waals surface area contributed by atoms with Crippen molar-refractivity contribution in [2.24, 2.45) is 17.3 Å². The van der Waals surface area contributed by atoms with Crippen molar-refractivity contribution in [1.82, 2.24) is 0 Å². The summed E-state index contributed by atoms with van der Waals surface area (Å²) >= 11 is 0. The molecule has 152 valence electrons. The monoisotopic (exact) mass is 378 g/mol. The highest BCUT2D eigenvalue weighted by molar-refractivity contribution is 5.84. The van der Waals surface area contributed by atoms with Crippen molar-refractivity contribution < 1.29 is 24.9 Å². The maximum absolute atomic E-state index is 12.2. The molecule has 0 spiro atoms. The van der Waals surface area contributed by atoms with E-state index in [0.29, 0.717) is 25.7 Å². The van der Waals surface area contributed by atoms with Gasteiger partial charge in [-0.15, -0.1) is 0 Å². The second-order valence-corrected chi connectivity index (χ2v) is 8.16. The van der Waals surface area contributed by atoms with Crippen LogP contribution in [0.3, 0.4) is 0 Å². The Morgan fingerprint density at radius 2 is 2.04 bits per heavy atom. The third kappa shape index (κ3) is 5.76. The van der Waals surface area contributed by atoms with E-state index in [4.69, 9.17) is 5.11 Å². The van der Waals surface area contributed by atoms with Crippen LogP contribution in [0.4, 0.5) is 0 Å². The predicted molar refractivity (Wildman–Crippen MR) is 104 cm³/mol. The van der Waals surface area contributed by atoms with Crippen LogP contribution in [0.25, 0.3) is 0 Å². The minimum atomic E-state index is -0.795. The minimum absolute atomic E-state index is 0.0620. The van der Waals surface area contributed by atoms with Gasteiger partial charge in [0.15, 0.2) is 0 Å². The van der Waals surface area contributed by atoms with Crippen molar-refractivity contribution in [3.63, 3.8) is 0 Å². The lowest BCUT2D eigenvalue weighted by Gasteiger charge is -2.45. The highest BCUT2D eigenvalue weighted by atomic mass is 16.4. The summed E-state index contributed by atoms with van der Waals surface area (Å²) in [5.41, 5.74) is 0.0620. The number of carboxylic acids is 1. The Bertz CT molecular complexity index is 556. The SMILES string of the molecule is CCC1([C@@H](O)C/C=C/[C@H]2[C@H](O)CC(=O)[C@@H]2C/C=C\CCCC(=O)O)CCC1. The fourth-order valence-corrected chi connectivity index (χ4v) is 4.43. The first-order chi connectivity index (χ1) is 12.9. The molecule has 0 aromatic rings. The largest absolute Gasteiger partial charge is 0.481 e. The summed E-state index contributed by atoms with van der Waals surface area (Å²) in [4.78, 5) is 22.7. The molecule has 2 saturated carbocycles. The number of ketones is 1. The van der Waals surface area contributed by atoms with Crippen molar-refractivity contribution in [2.45, 2.75) is 83.3 Å². The highest BCUT2D eigenvalue weighted by Gasteiger charge is 2.42. The lowest BCUT2D eigenvalue weighted by atomic mass is 9.63. The van der Waals surface area contributed by atoms with Gasteiger partial charge in [0.05, 0.1) is 12.2 Å². The molecule has 5 heteroatoms. The van der Waals surface area contributed by atoms with E-state index in [-0.39, 0.29) is 42.0 Å². The summed E-state index contributed by atoms with van der Waals surface area (Å²) in [6, 6.07) is 0. The number of rotatable bonds is 11. The van der Waals surface area contributed by atoms with E-state index in [9.17, 15) is 19.8 Å². The first-order valence-electron chi connectivity index (χ1n) is 10.3. The summed E-state index contributed by atoms with van der Waals surface area (Å²) in [6.45, 7) is 2.13. The number of aliphatic hydroxyl groups is 2. The van der Waals surface area contributed by atoms with Gasteiger partial charge in [-0.1, -0.05) is 37.6 Å². The summed E-state index contributed by atoms with van der Waals surface area (Å²) < 4.78 is 0. The van der Waals surface area contributed by atoms with Gasteiger partial charge in [-0.05, 0) is 50.4 Å². The molecule has 0 amide bonds. The van der Waals surface area contributed by atoms with E-state index < -0.39 is 12.1 Å². The zero-order chi connectivity index (χ0) is 19.9. The van der Waals surface area contributed by atoms with E-state index in [0.717, 1.165) is 19.3 Å². The Balaban J connectivity index is 1.84. The zero-order valence-corrected chi connectivity index (χ0v) is 16.3. The standard InChI is InChI=1S/C22H34O5/c1-2-22(13-8-14-22)20(25)11-7-10-17-16(18(23)15-19(17)24)9-5-3-4-6-12-21(26)27/h3,5,7,10,16-17,19-20,24-25H,2,4,6,8-9,11-15H2,1H3,(H,26,27)/b5-3-,10-7+/t16-,17-,19-,20+/m1/s1. The second-order valence-electron chi connectivity index (χ2n) is 8.16. The molecule has 2 fully saturated rings. The molecule has 0 bridgehead atoms. The summed E-state index contributed by atoms with van der Waals surface area (Å²) in [5, 5.41) is 29.4. The van der Waals surface area contributed by atoms with E-state index in [2.05, 4.69) is 6.92 Å². The topological polar surface area (TPSA) is 94.8 Å². The van der Waals surface area contributed by atoms with Gasteiger partial charge >= 0.3 is 5.97 Å². The van der Waals surface area contributed by atoms with E-state index in [1.807, 2.05) is 24.3 Å². The number of hydrogen-bond acceptors (Lipinski definition) is 4. The summed E-state index contributed by atoms with van der Waals surface area (Å²) in [5.74, 6) is -1.14. The van der Waals surface area contributed by atoms with Crippen molar-refractivity contribution >= 4 is 11.8 Å². The molecule has 3 N–H and O–H groups in total. The van der Waals surface area contributed by atoms with Crippen LogP contribution in [0.2, 0.25) is 0 Å². The van der Waals surface area contributed by atoms with Gasteiger partial charge in [0.2, 0.25) is 0 Å². The molecule has 0 aliphatic heterocycles. The molecular weight excluding hydrogens is 344 g/mol. The smallest absolute Gasteiger partial charge is 0.303 e. The first-order valence-corrected chi connectivity index (χ1v) is 10.3. The van der Waals surface area contributed by atoms with Crippen LogP contribution in [0.5, 0.6) is 0 Å². The fourth-order valence-electron chi connectivity index (χ4n) is 4.43. The normalized spacial score (nSPS) is 28.7. The Kier molecular flexibility index (Phi) is 8.24. The molecule has 2 rings (SSSR count). The highest BCUT2D eigenvalue weighted by Crippen LogP contribution is 2.47. The third-order valence-corrected chi connectivity index (χ3v) is 6.53. The van der Waals surface area contributed by atoms with E-state index >= 15 is 0 Å². The van der Waals surface area contributed by atoms with Crippen LogP contribution in [0.1, 0.15) is 71.1 Å². The van der Waals surface area contributed by atoms with E-state index in [1.165, 1.54) is 6.42 Å². The van der Waals surface area contributed by atoms with Gasteiger partial charge in [0.25, 0.3) is 0 Å². The zero-order valence-electron chi connectivity index (χ0n) is 16.3. The number of aliphatic carboxylic acids is 1. The molecular formula is C22H34O5. The molecule has 0 heterocycles. The van der Waals surface area contributed by atoms with Gasteiger partial charge in [-0.3, -0.25) is 9.59 Å². The van der Waals surface area contributed by atoms with Crippen LogP contribution >= 0.6 is 0 Å². The number of carboxylic acid groups (broad SMARTS) is 1. The molecule has 4 atom stereocenters. The van der Waals surface area contributed by atoms with Crippen LogP contribution < -0.4 is 0 Å². The van der Waals surface area contributed by atoms with Crippen LogP contribution in [-0.2, 0) is 9.59 Å². The Hall–Kier alpha value is -1.46. The average molecular weight is 379 g/mol. The van der Waals surface area contributed by atoms with Gasteiger partial charge in [-0.25, -0.2) is 0 Å². The van der Waals surface area contributed by atoms with Crippen LogP contribution in [0.15, 0.2) is 24.3 Å². The first kappa shape index (κ1) is 21.8.